The SMILES string of the molecule is CC[CH]OC(F)(F)C(F)(F)F. The highest BCUT2D eigenvalue weighted by Crippen LogP contribution is 2.36. The zero-order chi connectivity index (χ0) is 9.12. The van der Waals surface area contributed by atoms with E-state index in [-0.39, 0.29) is 6.42 Å². The number of alkyl halides is 5. The molecule has 0 unspecified atom stereocenters. The molecular formula is C5H6F5O. The third-order valence-electron chi connectivity index (χ3n) is 0.728. The molecule has 0 spiro atoms. The van der Waals surface area contributed by atoms with Crippen molar-refractivity contribution in [3.05, 3.63) is 6.61 Å². The first-order valence-electron chi connectivity index (χ1n) is 2.75. The van der Waals surface area contributed by atoms with Gasteiger partial charge in [0.2, 0.25) is 0 Å². The first-order valence-corrected chi connectivity index (χ1v) is 2.75. The summed E-state index contributed by atoms with van der Waals surface area (Å²) >= 11 is 0. The van der Waals surface area contributed by atoms with Crippen molar-refractivity contribution in [2.45, 2.75) is 25.6 Å². The van der Waals surface area contributed by atoms with E-state index < -0.39 is 12.3 Å². The van der Waals surface area contributed by atoms with Crippen LogP contribution in [0.4, 0.5) is 22.0 Å². The van der Waals surface area contributed by atoms with E-state index >= 15 is 0 Å². The Morgan fingerprint density at radius 1 is 1.18 bits per heavy atom. The molecule has 0 aromatic heterocycles. The lowest BCUT2D eigenvalue weighted by molar-refractivity contribution is -0.381. The molecular weight excluding hydrogens is 171 g/mol. The largest absolute Gasteiger partial charge is 0.482 e. The normalized spacial score (nSPS) is 13.6. The molecule has 6 heteroatoms. The molecule has 0 heterocycles. The minimum absolute atomic E-state index is 0.00826. The Morgan fingerprint density at radius 3 is 1.91 bits per heavy atom. The zero-order valence-electron chi connectivity index (χ0n) is 5.58. The number of hydrogen-bond acceptors (Lipinski definition) is 1. The monoisotopic (exact) mass is 177 g/mol. The van der Waals surface area contributed by atoms with E-state index in [2.05, 4.69) is 4.74 Å². The van der Waals surface area contributed by atoms with Crippen molar-refractivity contribution in [3.8, 4) is 0 Å². The third kappa shape index (κ3) is 3.00. The Bertz CT molecular complexity index is 119. The molecule has 1 radical (unpaired) electrons. The van der Waals surface area contributed by atoms with E-state index in [9.17, 15) is 22.0 Å². The van der Waals surface area contributed by atoms with Crippen LogP contribution in [0.25, 0.3) is 0 Å². The van der Waals surface area contributed by atoms with E-state index in [0.717, 1.165) is 0 Å². The summed E-state index contributed by atoms with van der Waals surface area (Å²) in [5, 5.41) is 0. The number of halogens is 5. The summed E-state index contributed by atoms with van der Waals surface area (Å²) in [6.45, 7) is 1.79. The second-order valence-corrected chi connectivity index (χ2v) is 1.71. The van der Waals surface area contributed by atoms with Crippen LogP contribution >= 0.6 is 0 Å². The number of hydrogen-bond donors (Lipinski definition) is 0. The molecule has 0 aromatic carbocycles. The van der Waals surface area contributed by atoms with Gasteiger partial charge in [0.05, 0.1) is 6.61 Å². The Balaban J connectivity index is 4.00. The molecule has 0 fully saturated rings. The molecule has 0 aliphatic heterocycles. The van der Waals surface area contributed by atoms with Gasteiger partial charge in [0, 0.05) is 0 Å². The lowest BCUT2D eigenvalue weighted by Gasteiger charge is -2.18. The van der Waals surface area contributed by atoms with Gasteiger partial charge in [0.25, 0.3) is 0 Å². The fourth-order valence-corrected chi connectivity index (χ4v) is 0.255. The van der Waals surface area contributed by atoms with Crippen LogP contribution in [0.2, 0.25) is 0 Å². The van der Waals surface area contributed by atoms with Gasteiger partial charge in [0.15, 0.2) is 0 Å². The fourth-order valence-electron chi connectivity index (χ4n) is 0.255. The third-order valence-corrected chi connectivity index (χ3v) is 0.728. The molecule has 0 aromatic rings. The van der Waals surface area contributed by atoms with E-state index in [1.165, 1.54) is 6.92 Å². The average Bonchev–Trinajstić information content (AvgIpc) is 1.81. The van der Waals surface area contributed by atoms with Gasteiger partial charge in [-0.25, -0.2) is 0 Å². The lowest BCUT2D eigenvalue weighted by Crippen LogP contribution is -2.38. The highest BCUT2D eigenvalue weighted by atomic mass is 19.4. The second kappa shape index (κ2) is 3.34. The molecule has 0 atom stereocenters. The first-order chi connectivity index (χ1) is 4.81. The molecule has 0 saturated carbocycles. The van der Waals surface area contributed by atoms with Gasteiger partial charge >= 0.3 is 12.3 Å². The smallest absolute Gasteiger partial charge is 0.307 e. The topological polar surface area (TPSA) is 9.23 Å². The molecule has 0 aliphatic carbocycles. The number of rotatable bonds is 3. The van der Waals surface area contributed by atoms with E-state index in [0.29, 0.717) is 6.61 Å². The van der Waals surface area contributed by atoms with Crippen molar-refractivity contribution in [2.75, 3.05) is 0 Å². The molecule has 11 heavy (non-hydrogen) atoms. The van der Waals surface area contributed by atoms with E-state index in [1.807, 2.05) is 0 Å². The van der Waals surface area contributed by atoms with Crippen LogP contribution < -0.4 is 0 Å². The van der Waals surface area contributed by atoms with Crippen molar-refractivity contribution in [3.63, 3.8) is 0 Å². The van der Waals surface area contributed by atoms with Crippen LogP contribution in [-0.2, 0) is 4.74 Å². The molecule has 0 amide bonds. The van der Waals surface area contributed by atoms with Crippen LogP contribution in [0.1, 0.15) is 13.3 Å². The maximum absolute atomic E-state index is 11.7. The highest BCUT2D eigenvalue weighted by Gasteiger charge is 2.59. The summed E-state index contributed by atoms with van der Waals surface area (Å²) in [6, 6.07) is 0. The molecule has 0 bridgehead atoms. The quantitative estimate of drug-likeness (QED) is 0.602. The predicted octanol–water partition coefficient (Wildman–Crippen LogP) is 2.73. The van der Waals surface area contributed by atoms with Gasteiger partial charge in [-0.15, -0.1) is 0 Å². The molecule has 0 N–H and O–H groups in total. The summed E-state index contributed by atoms with van der Waals surface area (Å²) in [6.07, 6.45) is -10.7. The van der Waals surface area contributed by atoms with E-state index in [4.69, 9.17) is 0 Å². The summed E-state index contributed by atoms with van der Waals surface area (Å²) in [7, 11) is 0. The average molecular weight is 177 g/mol. The van der Waals surface area contributed by atoms with Crippen LogP contribution in [0.5, 0.6) is 0 Å². The van der Waals surface area contributed by atoms with Crippen molar-refractivity contribution in [1.82, 2.24) is 0 Å². The van der Waals surface area contributed by atoms with Crippen molar-refractivity contribution in [1.29, 1.82) is 0 Å². The molecule has 0 saturated heterocycles. The summed E-state index contributed by atoms with van der Waals surface area (Å²) in [4.78, 5) is 0. The van der Waals surface area contributed by atoms with Gasteiger partial charge in [-0.3, -0.25) is 0 Å². The molecule has 0 aliphatic rings. The standard InChI is InChI=1S/C5H6F5O/c1-2-3-11-5(9,10)4(6,7)8/h3H,2H2,1H3. The van der Waals surface area contributed by atoms with Gasteiger partial charge in [-0.2, -0.15) is 22.0 Å². The van der Waals surface area contributed by atoms with Crippen molar-refractivity contribution < 1.29 is 26.7 Å². The van der Waals surface area contributed by atoms with Gasteiger partial charge < -0.3 is 4.74 Å². The van der Waals surface area contributed by atoms with Crippen LogP contribution in [0.15, 0.2) is 0 Å². The maximum atomic E-state index is 11.7. The Kier molecular flexibility index (Phi) is 3.22. The van der Waals surface area contributed by atoms with Gasteiger partial charge in [-0.05, 0) is 6.42 Å². The van der Waals surface area contributed by atoms with Crippen LogP contribution in [0, 0.1) is 6.61 Å². The maximum Gasteiger partial charge on any atom is 0.482 e. The number of ether oxygens (including phenoxy) is 1. The first kappa shape index (κ1) is 10.6. The van der Waals surface area contributed by atoms with E-state index in [1.54, 1.807) is 0 Å². The highest BCUT2D eigenvalue weighted by molar-refractivity contribution is 4.66. The summed E-state index contributed by atoms with van der Waals surface area (Å²) in [5.74, 6) is 0. The Labute approximate surface area is 60.1 Å². The second-order valence-electron chi connectivity index (χ2n) is 1.71. The predicted molar refractivity (Wildman–Crippen MR) is 26.7 cm³/mol. The molecule has 67 valence electrons. The minimum Gasteiger partial charge on any atom is -0.307 e. The van der Waals surface area contributed by atoms with Crippen molar-refractivity contribution in [2.24, 2.45) is 0 Å². The summed E-state index contributed by atoms with van der Waals surface area (Å²) < 4.78 is 60.4. The Hall–Kier alpha value is -0.390. The fraction of sp³-hybridized carbons (Fsp3) is 0.800. The van der Waals surface area contributed by atoms with Gasteiger partial charge in [0.1, 0.15) is 0 Å². The summed E-state index contributed by atoms with van der Waals surface area (Å²) in [5.41, 5.74) is 0. The van der Waals surface area contributed by atoms with Crippen LogP contribution in [-0.4, -0.2) is 12.3 Å². The lowest BCUT2D eigenvalue weighted by atomic mass is 10.5. The minimum atomic E-state index is -5.64. The van der Waals surface area contributed by atoms with Gasteiger partial charge in [-0.1, -0.05) is 6.92 Å². The van der Waals surface area contributed by atoms with Crippen molar-refractivity contribution >= 4 is 0 Å². The zero-order valence-corrected chi connectivity index (χ0v) is 5.58. The molecule has 1 nitrogen and oxygen atoms in total. The molecule has 0 rings (SSSR count). The van der Waals surface area contributed by atoms with Crippen LogP contribution in [0.3, 0.4) is 0 Å². The Morgan fingerprint density at radius 2 is 1.64 bits per heavy atom.